The highest BCUT2D eigenvalue weighted by molar-refractivity contribution is 5.67. The molecule has 1 atom stereocenters. The molecular formula is C15H26N4O2. The fourth-order valence-electron chi connectivity index (χ4n) is 3.16. The number of tetrazole rings is 1. The maximum atomic E-state index is 11.2. The number of hydrogen-bond acceptors (Lipinski definition) is 4. The van der Waals surface area contributed by atoms with E-state index in [1.807, 2.05) is 20.8 Å². The average Bonchev–Trinajstić information content (AvgIpc) is 2.83. The summed E-state index contributed by atoms with van der Waals surface area (Å²) in [4.78, 5) is 11.2. The zero-order valence-electron chi connectivity index (χ0n) is 13.2. The van der Waals surface area contributed by atoms with Crippen molar-refractivity contribution >= 4 is 5.97 Å². The number of rotatable bonds is 5. The lowest BCUT2D eigenvalue weighted by molar-refractivity contribution is -0.138. The van der Waals surface area contributed by atoms with Gasteiger partial charge in [-0.1, -0.05) is 52.9 Å². The van der Waals surface area contributed by atoms with Gasteiger partial charge in [0.05, 0.1) is 12.5 Å². The number of aromatic nitrogens is 4. The first-order valence-corrected chi connectivity index (χ1v) is 7.86. The molecule has 6 heteroatoms. The molecule has 0 bridgehead atoms. The first-order valence-electron chi connectivity index (χ1n) is 7.86. The Morgan fingerprint density at radius 3 is 2.57 bits per heavy atom. The lowest BCUT2D eigenvalue weighted by Gasteiger charge is -2.30. The molecule has 0 aromatic carbocycles. The second-order valence-electron chi connectivity index (χ2n) is 7.23. The number of aliphatic carboxylic acids is 1. The van der Waals surface area contributed by atoms with E-state index in [2.05, 4.69) is 15.5 Å². The molecule has 1 heterocycles. The number of nitrogens with zero attached hydrogens (tertiary/aromatic N) is 4. The summed E-state index contributed by atoms with van der Waals surface area (Å²) in [5.74, 6) is 0.658. The van der Waals surface area contributed by atoms with Crippen LogP contribution in [0.15, 0.2) is 0 Å². The lowest BCUT2D eigenvalue weighted by Crippen LogP contribution is -2.30. The first kappa shape index (κ1) is 15.9. The van der Waals surface area contributed by atoms with Crippen LogP contribution >= 0.6 is 0 Å². The first-order chi connectivity index (χ1) is 9.88. The van der Waals surface area contributed by atoms with Crippen LogP contribution in [0, 0.1) is 11.3 Å². The molecule has 1 aliphatic carbocycles. The molecule has 1 aliphatic rings. The van der Waals surface area contributed by atoms with Gasteiger partial charge in [-0.2, -0.15) is 0 Å². The van der Waals surface area contributed by atoms with Gasteiger partial charge < -0.3 is 5.11 Å². The molecule has 1 saturated carbocycles. The molecule has 21 heavy (non-hydrogen) atoms. The minimum atomic E-state index is -0.811. The summed E-state index contributed by atoms with van der Waals surface area (Å²) in [6.07, 6.45) is 7.25. The third-order valence-electron chi connectivity index (χ3n) is 4.42. The van der Waals surface area contributed by atoms with E-state index in [-0.39, 0.29) is 17.9 Å². The minimum Gasteiger partial charge on any atom is -0.481 e. The van der Waals surface area contributed by atoms with E-state index in [0.29, 0.717) is 5.92 Å². The maximum absolute atomic E-state index is 11.2. The lowest BCUT2D eigenvalue weighted by atomic mass is 9.84. The van der Waals surface area contributed by atoms with E-state index in [1.165, 1.54) is 32.1 Å². The molecule has 6 nitrogen and oxygen atoms in total. The monoisotopic (exact) mass is 294 g/mol. The zero-order chi connectivity index (χ0) is 15.5. The summed E-state index contributed by atoms with van der Waals surface area (Å²) >= 11 is 0. The second-order valence-corrected chi connectivity index (χ2v) is 7.23. The number of hydrogen-bond donors (Lipinski definition) is 1. The molecule has 0 saturated heterocycles. The van der Waals surface area contributed by atoms with Gasteiger partial charge in [0.15, 0.2) is 5.82 Å². The zero-order valence-corrected chi connectivity index (χ0v) is 13.2. The van der Waals surface area contributed by atoms with Gasteiger partial charge in [-0.3, -0.25) is 4.79 Å². The summed E-state index contributed by atoms with van der Waals surface area (Å²) in [5.41, 5.74) is -0.199. The van der Waals surface area contributed by atoms with Crippen LogP contribution < -0.4 is 0 Å². The van der Waals surface area contributed by atoms with E-state index in [1.54, 1.807) is 4.68 Å². The number of carboxylic acids is 1. The quantitative estimate of drug-likeness (QED) is 0.903. The van der Waals surface area contributed by atoms with Crippen LogP contribution in [-0.4, -0.2) is 31.3 Å². The topological polar surface area (TPSA) is 80.9 Å². The maximum Gasteiger partial charge on any atom is 0.305 e. The fourth-order valence-corrected chi connectivity index (χ4v) is 3.16. The molecule has 0 amide bonds. The molecule has 2 rings (SSSR count). The summed E-state index contributed by atoms with van der Waals surface area (Å²) in [7, 11) is 0. The van der Waals surface area contributed by atoms with Gasteiger partial charge in [-0.15, -0.1) is 5.10 Å². The highest BCUT2D eigenvalue weighted by Gasteiger charge is 2.32. The summed E-state index contributed by atoms with van der Waals surface area (Å²) in [6.45, 7) is 6.10. The Morgan fingerprint density at radius 1 is 1.33 bits per heavy atom. The van der Waals surface area contributed by atoms with Crippen molar-refractivity contribution in [3.63, 3.8) is 0 Å². The summed E-state index contributed by atoms with van der Waals surface area (Å²) in [5, 5.41) is 21.2. The third kappa shape index (κ3) is 4.25. The highest BCUT2D eigenvalue weighted by Crippen LogP contribution is 2.34. The molecule has 1 unspecified atom stereocenters. The normalized spacial score (nSPS) is 18.6. The van der Waals surface area contributed by atoms with Crippen LogP contribution in [0.4, 0.5) is 0 Å². The Hall–Kier alpha value is -1.46. The van der Waals surface area contributed by atoms with E-state index >= 15 is 0 Å². The van der Waals surface area contributed by atoms with Crippen molar-refractivity contribution in [2.45, 2.75) is 71.8 Å². The van der Waals surface area contributed by atoms with Crippen molar-refractivity contribution in [1.29, 1.82) is 0 Å². The van der Waals surface area contributed by atoms with Gasteiger partial charge >= 0.3 is 5.97 Å². The predicted octanol–water partition coefficient (Wildman–Crippen LogP) is 2.86. The van der Waals surface area contributed by atoms with Crippen molar-refractivity contribution < 1.29 is 9.90 Å². The standard InChI is InChI=1S/C15H26N4O2/c1-15(2,3)12(10-14(20)21)19-13(16-17-18-19)9-11-7-5-4-6-8-11/h11-12H,4-10H2,1-3H3,(H,20,21). The van der Waals surface area contributed by atoms with Crippen LogP contribution in [0.2, 0.25) is 0 Å². The Balaban J connectivity index is 2.17. The van der Waals surface area contributed by atoms with Gasteiger partial charge in [0.1, 0.15) is 0 Å². The smallest absolute Gasteiger partial charge is 0.305 e. The van der Waals surface area contributed by atoms with Gasteiger partial charge in [0, 0.05) is 6.42 Å². The summed E-state index contributed by atoms with van der Waals surface area (Å²) in [6, 6.07) is -0.219. The Labute approximate surface area is 125 Å². The Morgan fingerprint density at radius 2 is 2.00 bits per heavy atom. The summed E-state index contributed by atoms with van der Waals surface area (Å²) < 4.78 is 1.75. The molecule has 0 radical (unpaired) electrons. The van der Waals surface area contributed by atoms with Crippen molar-refractivity contribution in [2.24, 2.45) is 11.3 Å². The molecule has 1 aromatic rings. The number of carbonyl (C=O) groups is 1. The van der Waals surface area contributed by atoms with E-state index < -0.39 is 5.97 Å². The van der Waals surface area contributed by atoms with E-state index in [0.717, 1.165) is 12.2 Å². The van der Waals surface area contributed by atoms with Crippen LogP contribution in [-0.2, 0) is 11.2 Å². The van der Waals surface area contributed by atoms with E-state index in [9.17, 15) is 9.90 Å². The average molecular weight is 294 g/mol. The van der Waals surface area contributed by atoms with Crippen molar-refractivity contribution in [2.75, 3.05) is 0 Å². The second kappa shape index (κ2) is 6.54. The molecule has 1 N–H and O–H groups in total. The van der Waals surface area contributed by atoms with Gasteiger partial charge in [-0.25, -0.2) is 4.68 Å². The molecule has 0 spiro atoms. The van der Waals surface area contributed by atoms with Gasteiger partial charge in [0.2, 0.25) is 0 Å². The Kier molecular flexibility index (Phi) is 4.96. The largest absolute Gasteiger partial charge is 0.481 e. The van der Waals surface area contributed by atoms with Crippen LogP contribution in [0.5, 0.6) is 0 Å². The molecule has 1 fully saturated rings. The van der Waals surface area contributed by atoms with E-state index in [4.69, 9.17) is 0 Å². The third-order valence-corrected chi connectivity index (χ3v) is 4.42. The van der Waals surface area contributed by atoms with Gasteiger partial charge in [0.25, 0.3) is 0 Å². The van der Waals surface area contributed by atoms with Crippen molar-refractivity contribution in [3.05, 3.63) is 5.82 Å². The van der Waals surface area contributed by atoms with Crippen molar-refractivity contribution in [3.8, 4) is 0 Å². The minimum absolute atomic E-state index is 0.0478. The number of carboxylic acid groups (broad SMARTS) is 1. The van der Waals surface area contributed by atoms with Crippen LogP contribution in [0.25, 0.3) is 0 Å². The fraction of sp³-hybridized carbons (Fsp3) is 0.867. The van der Waals surface area contributed by atoms with Crippen molar-refractivity contribution in [1.82, 2.24) is 20.2 Å². The Bertz CT molecular complexity index is 472. The SMILES string of the molecule is CC(C)(C)C(CC(=O)O)n1nnnc1CC1CCCCC1. The molecule has 0 aliphatic heterocycles. The van der Waals surface area contributed by atoms with Crippen LogP contribution in [0.1, 0.15) is 71.2 Å². The highest BCUT2D eigenvalue weighted by atomic mass is 16.4. The molecule has 118 valence electrons. The van der Waals surface area contributed by atoms with Crippen LogP contribution in [0.3, 0.4) is 0 Å². The van der Waals surface area contributed by atoms with Gasteiger partial charge in [-0.05, 0) is 21.8 Å². The predicted molar refractivity (Wildman–Crippen MR) is 78.8 cm³/mol. The molecular weight excluding hydrogens is 268 g/mol. The molecule has 1 aromatic heterocycles.